The number of methoxy groups -OCH3 is 1. The first-order valence-corrected chi connectivity index (χ1v) is 5.20. The van der Waals surface area contributed by atoms with E-state index in [2.05, 4.69) is 0 Å². The highest BCUT2D eigenvalue weighted by molar-refractivity contribution is 5.81. The summed E-state index contributed by atoms with van der Waals surface area (Å²) in [4.78, 5) is 13.5. The molecule has 2 N–H and O–H groups in total. The van der Waals surface area contributed by atoms with Crippen LogP contribution in [-0.2, 0) is 9.53 Å². The van der Waals surface area contributed by atoms with Gasteiger partial charge in [0.25, 0.3) is 0 Å². The molecule has 0 bridgehead atoms. The fourth-order valence-corrected chi connectivity index (χ4v) is 1.29. The van der Waals surface area contributed by atoms with Crippen LogP contribution in [0.2, 0.25) is 0 Å². The standard InChI is InChI=1S/C10H22N2O2/c1-4-6-9(11)10(13)12(5-2)7-8-14-3/h9H,4-8,11H2,1-3H3/t9-/m1/s1. The Morgan fingerprint density at radius 3 is 2.57 bits per heavy atom. The molecule has 1 amide bonds. The Bertz CT molecular complexity index is 162. The highest BCUT2D eigenvalue weighted by Gasteiger charge is 2.18. The molecular formula is C10H22N2O2. The van der Waals surface area contributed by atoms with Gasteiger partial charge < -0.3 is 15.4 Å². The van der Waals surface area contributed by atoms with Crippen molar-refractivity contribution in [1.29, 1.82) is 0 Å². The van der Waals surface area contributed by atoms with E-state index in [1.807, 2.05) is 13.8 Å². The van der Waals surface area contributed by atoms with Gasteiger partial charge in [-0.05, 0) is 13.3 Å². The van der Waals surface area contributed by atoms with Gasteiger partial charge in [0.05, 0.1) is 12.6 Å². The number of carbonyl (C=O) groups excluding carboxylic acids is 1. The third-order valence-corrected chi connectivity index (χ3v) is 2.18. The molecule has 0 saturated heterocycles. The van der Waals surface area contributed by atoms with Gasteiger partial charge in [0, 0.05) is 20.2 Å². The molecule has 0 aliphatic rings. The fraction of sp³-hybridized carbons (Fsp3) is 0.900. The molecule has 0 spiro atoms. The number of carbonyl (C=O) groups is 1. The summed E-state index contributed by atoms with van der Waals surface area (Å²) in [5.74, 6) is 0.0337. The number of nitrogens with two attached hydrogens (primary N) is 1. The maximum absolute atomic E-state index is 11.7. The second-order valence-electron chi connectivity index (χ2n) is 3.31. The van der Waals surface area contributed by atoms with Gasteiger partial charge in [-0.15, -0.1) is 0 Å². The average molecular weight is 202 g/mol. The number of likely N-dealkylation sites (N-methyl/N-ethyl adjacent to an activating group) is 1. The van der Waals surface area contributed by atoms with Gasteiger partial charge in [-0.1, -0.05) is 13.3 Å². The first-order chi connectivity index (χ1) is 6.67. The summed E-state index contributed by atoms with van der Waals surface area (Å²) < 4.78 is 4.93. The Hall–Kier alpha value is -0.610. The average Bonchev–Trinajstić information content (AvgIpc) is 2.19. The van der Waals surface area contributed by atoms with E-state index in [0.717, 1.165) is 12.8 Å². The van der Waals surface area contributed by atoms with Crippen LogP contribution in [0.25, 0.3) is 0 Å². The van der Waals surface area contributed by atoms with Crippen molar-refractivity contribution in [3.05, 3.63) is 0 Å². The molecule has 0 rings (SSSR count). The van der Waals surface area contributed by atoms with Crippen LogP contribution in [0.1, 0.15) is 26.7 Å². The zero-order valence-electron chi connectivity index (χ0n) is 9.45. The van der Waals surface area contributed by atoms with Gasteiger partial charge in [0.15, 0.2) is 0 Å². The minimum Gasteiger partial charge on any atom is -0.383 e. The van der Waals surface area contributed by atoms with Crippen molar-refractivity contribution >= 4 is 5.91 Å². The molecule has 84 valence electrons. The van der Waals surface area contributed by atoms with Crippen LogP contribution in [0.3, 0.4) is 0 Å². The highest BCUT2D eigenvalue weighted by Crippen LogP contribution is 1.99. The van der Waals surface area contributed by atoms with Crippen LogP contribution >= 0.6 is 0 Å². The highest BCUT2D eigenvalue weighted by atomic mass is 16.5. The summed E-state index contributed by atoms with van der Waals surface area (Å²) >= 11 is 0. The van der Waals surface area contributed by atoms with E-state index in [1.54, 1.807) is 12.0 Å². The van der Waals surface area contributed by atoms with Crippen molar-refractivity contribution in [2.24, 2.45) is 5.73 Å². The maximum Gasteiger partial charge on any atom is 0.239 e. The minimum absolute atomic E-state index is 0.0337. The lowest BCUT2D eigenvalue weighted by molar-refractivity contribution is -0.133. The summed E-state index contributed by atoms with van der Waals surface area (Å²) in [5.41, 5.74) is 5.74. The molecule has 1 atom stereocenters. The van der Waals surface area contributed by atoms with Crippen molar-refractivity contribution < 1.29 is 9.53 Å². The van der Waals surface area contributed by atoms with E-state index in [-0.39, 0.29) is 11.9 Å². The molecule has 0 radical (unpaired) electrons. The molecule has 0 saturated carbocycles. The summed E-state index contributed by atoms with van der Waals surface area (Å²) in [6.45, 7) is 5.87. The number of hydrogen-bond acceptors (Lipinski definition) is 3. The number of hydrogen-bond donors (Lipinski definition) is 1. The van der Waals surface area contributed by atoms with Crippen molar-refractivity contribution in [1.82, 2.24) is 4.90 Å². The van der Waals surface area contributed by atoms with Crippen LogP contribution in [0, 0.1) is 0 Å². The lowest BCUT2D eigenvalue weighted by atomic mass is 10.1. The number of ether oxygens (including phenoxy) is 1. The van der Waals surface area contributed by atoms with E-state index in [0.29, 0.717) is 19.7 Å². The number of nitrogens with zero attached hydrogens (tertiary/aromatic N) is 1. The third-order valence-electron chi connectivity index (χ3n) is 2.18. The zero-order valence-corrected chi connectivity index (χ0v) is 9.45. The van der Waals surface area contributed by atoms with Crippen molar-refractivity contribution in [2.75, 3.05) is 26.8 Å². The number of amides is 1. The predicted octanol–water partition coefficient (Wildman–Crippen LogP) is 0.609. The van der Waals surface area contributed by atoms with Crippen LogP contribution < -0.4 is 5.73 Å². The summed E-state index contributed by atoms with van der Waals surface area (Å²) in [6, 6.07) is -0.350. The van der Waals surface area contributed by atoms with Gasteiger partial charge in [0.1, 0.15) is 0 Å². The molecule has 4 heteroatoms. The Morgan fingerprint density at radius 2 is 2.14 bits per heavy atom. The molecule has 0 heterocycles. The summed E-state index contributed by atoms with van der Waals surface area (Å²) in [6.07, 6.45) is 1.69. The third kappa shape index (κ3) is 4.58. The van der Waals surface area contributed by atoms with E-state index >= 15 is 0 Å². The van der Waals surface area contributed by atoms with Crippen LogP contribution in [0.4, 0.5) is 0 Å². The molecule has 0 fully saturated rings. The Morgan fingerprint density at radius 1 is 1.50 bits per heavy atom. The van der Waals surface area contributed by atoms with Gasteiger partial charge in [-0.3, -0.25) is 4.79 Å². The van der Waals surface area contributed by atoms with Crippen LogP contribution in [-0.4, -0.2) is 43.7 Å². The van der Waals surface area contributed by atoms with Gasteiger partial charge in [0.2, 0.25) is 5.91 Å². The second kappa shape index (κ2) is 7.76. The molecule has 0 aliphatic carbocycles. The van der Waals surface area contributed by atoms with Crippen LogP contribution in [0.15, 0.2) is 0 Å². The first kappa shape index (κ1) is 13.4. The maximum atomic E-state index is 11.7. The van der Waals surface area contributed by atoms with Crippen LogP contribution in [0.5, 0.6) is 0 Å². The van der Waals surface area contributed by atoms with Gasteiger partial charge in [-0.25, -0.2) is 0 Å². The first-order valence-electron chi connectivity index (χ1n) is 5.20. The van der Waals surface area contributed by atoms with Crippen molar-refractivity contribution in [2.45, 2.75) is 32.7 Å². The lowest BCUT2D eigenvalue weighted by Crippen LogP contribution is -2.44. The zero-order chi connectivity index (χ0) is 11.0. The van der Waals surface area contributed by atoms with E-state index in [9.17, 15) is 4.79 Å². The molecular weight excluding hydrogens is 180 g/mol. The van der Waals surface area contributed by atoms with Gasteiger partial charge >= 0.3 is 0 Å². The fourth-order valence-electron chi connectivity index (χ4n) is 1.29. The van der Waals surface area contributed by atoms with E-state index in [1.165, 1.54) is 0 Å². The minimum atomic E-state index is -0.350. The largest absolute Gasteiger partial charge is 0.383 e. The van der Waals surface area contributed by atoms with Gasteiger partial charge in [-0.2, -0.15) is 0 Å². The molecule has 4 nitrogen and oxygen atoms in total. The molecule has 0 aromatic carbocycles. The number of rotatable bonds is 7. The normalized spacial score (nSPS) is 12.6. The monoisotopic (exact) mass is 202 g/mol. The van der Waals surface area contributed by atoms with Crippen molar-refractivity contribution in [3.63, 3.8) is 0 Å². The smallest absolute Gasteiger partial charge is 0.239 e. The van der Waals surface area contributed by atoms with E-state index < -0.39 is 0 Å². The topological polar surface area (TPSA) is 55.6 Å². The summed E-state index contributed by atoms with van der Waals surface area (Å²) in [7, 11) is 1.63. The Balaban J connectivity index is 4.01. The van der Waals surface area contributed by atoms with Crippen molar-refractivity contribution in [3.8, 4) is 0 Å². The lowest BCUT2D eigenvalue weighted by Gasteiger charge is -2.23. The quantitative estimate of drug-likeness (QED) is 0.658. The predicted molar refractivity (Wildman–Crippen MR) is 57.0 cm³/mol. The molecule has 0 aromatic rings. The second-order valence-corrected chi connectivity index (χ2v) is 3.31. The molecule has 0 unspecified atom stereocenters. The molecule has 0 aromatic heterocycles. The Labute approximate surface area is 86.4 Å². The summed E-state index contributed by atoms with van der Waals surface area (Å²) in [5, 5.41) is 0. The molecule has 0 aliphatic heterocycles. The Kier molecular flexibility index (Phi) is 7.42. The van der Waals surface area contributed by atoms with E-state index in [4.69, 9.17) is 10.5 Å². The molecule has 14 heavy (non-hydrogen) atoms. The SMILES string of the molecule is CCC[C@@H](N)C(=O)N(CC)CCOC.